The molecular weight excluding hydrogens is 226 g/mol. The molecule has 1 unspecified atom stereocenters. The third-order valence-corrected chi connectivity index (χ3v) is 3.44. The summed E-state index contributed by atoms with van der Waals surface area (Å²) in [5, 5.41) is 0. The molecule has 0 aromatic carbocycles. The maximum absolute atomic E-state index is 12.1. The summed E-state index contributed by atoms with van der Waals surface area (Å²) in [7, 11) is 0. The summed E-state index contributed by atoms with van der Waals surface area (Å²) < 4.78 is 5.16. The Kier molecular flexibility index (Phi) is 3.54. The van der Waals surface area contributed by atoms with Gasteiger partial charge >= 0.3 is 0 Å². The van der Waals surface area contributed by atoms with E-state index >= 15 is 0 Å². The van der Waals surface area contributed by atoms with E-state index in [1.54, 1.807) is 6.07 Å². The number of hydrogen-bond acceptors (Lipinski definition) is 2. The fraction of sp³-hybridized carbons (Fsp3) is 0.583. The Bertz CT molecular complexity index is 375. The van der Waals surface area contributed by atoms with E-state index in [0.717, 1.165) is 31.7 Å². The van der Waals surface area contributed by atoms with Gasteiger partial charge in [0.2, 0.25) is 0 Å². The standard InChI is InChI=1S/C12H16ClNO2/c1-9-5-11(8-16-9)12(15)14-4-2-3-10(6-13)7-14/h5,8,10H,2-4,6-7H2,1H3. The van der Waals surface area contributed by atoms with Crippen LogP contribution in [-0.4, -0.2) is 29.8 Å². The van der Waals surface area contributed by atoms with Gasteiger partial charge in [-0.15, -0.1) is 11.6 Å². The Morgan fingerprint density at radius 1 is 1.69 bits per heavy atom. The van der Waals surface area contributed by atoms with Crippen molar-refractivity contribution in [3.05, 3.63) is 23.7 Å². The van der Waals surface area contributed by atoms with Crippen LogP contribution in [0.3, 0.4) is 0 Å². The fourth-order valence-corrected chi connectivity index (χ4v) is 2.37. The molecule has 1 fully saturated rings. The van der Waals surface area contributed by atoms with Crippen molar-refractivity contribution in [1.82, 2.24) is 4.90 Å². The van der Waals surface area contributed by atoms with Crippen molar-refractivity contribution in [3.8, 4) is 0 Å². The normalized spacial score (nSPS) is 21.1. The molecule has 16 heavy (non-hydrogen) atoms. The number of carbonyl (C=O) groups excluding carboxylic acids is 1. The van der Waals surface area contributed by atoms with Gasteiger partial charge < -0.3 is 9.32 Å². The van der Waals surface area contributed by atoms with Crippen LogP contribution in [0.15, 0.2) is 16.7 Å². The highest BCUT2D eigenvalue weighted by atomic mass is 35.5. The van der Waals surface area contributed by atoms with E-state index in [1.807, 2.05) is 11.8 Å². The molecule has 0 bridgehead atoms. The summed E-state index contributed by atoms with van der Waals surface area (Å²) >= 11 is 5.84. The van der Waals surface area contributed by atoms with Crippen LogP contribution in [-0.2, 0) is 0 Å². The summed E-state index contributed by atoms with van der Waals surface area (Å²) in [6.45, 7) is 3.44. The predicted molar refractivity (Wildman–Crippen MR) is 62.8 cm³/mol. The number of hydrogen-bond donors (Lipinski definition) is 0. The first-order chi connectivity index (χ1) is 7.70. The monoisotopic (exact) mass is 241 g/mol. The molecule has 1 aliphatic rings. The molecule has 0 radical (unpaired) electrons. The zero-order valence-corrected chi connectivity index (χ0v) is 10.2. The highest BCUT2D eigenvalue weighted by Gasteiger charge is 2.24. The number of aryl methyl sites for hydroxylation is 1. The number of halogens is 1. The molecule has 0 saturated carbocycles. The first-order valence-corrected chi connectivity index (χ1v) is 6.14. The lowest BCUT2D eigenvalue weighted by Crippen LogP contribution is -2.40. The van der Waals surface area contributed by atoms with E-state index in [4.69, 9.17) is 16.0 Å². The lowest BCUT2D eigenvalue weighted by Gasteiger charge is -2.31. The number of nitrogens with zero attached hydrogens (tertiary/aromatic N) is 1. The second-order valence-corrected chi connectivity index (χ2v) is 4.67. The molecule has 0 spiro atoms. The largest absolute Gasteiger partial charge is 0.469 e. The van der Waals surface area contributed by atoms with Gasteiger partial charge in [-0.2, -0.15) is 0 Å². The molecule has 1 saturated heterocycles. The quantitative estimate of drug-likeness (QED) is 0.746. The van der Waals surface area contributed by atoms with E-state index < -0.39 is 0 Å². The van der Waals surface area contributed by atoms with Gasteiger partial charge in [0, 0.05) is 19.0 Å². The molecule has 0 aliphatic carbocycles. The Hall–Kier alpha value is -0.960. The van der Waals surface area contributed by atoms with Gasteiger partial charge in [0.15, 0.2) is 0 Å². The van der Waals surface area contributed by atoms with Crippen LogP contribution in [0.25, 0.3) is 0 Å². The Labute approximate surface area is 100 Å². The second kappa shape index (κ2) is 4.91. The highest BCUT2D eigenvalue weighted by Crippen LogP contribution is 2.20. The molecule has 1 amide bonds. The number of rotatable bonds is 2. The molecule has 1 aliphatic heterocycles. The minimum atomic E-state index is 0.0617. The van der Waals surface area contributed by atoms with Crippen molar-refractivity contribution in [2.24, 2.45) is 5.92 Å². The maximum atomic E-state index is 12.1. The van der Waals surface area contributed by atoms with Gasteiger partial charge in [0.05, 0.1) is 5.56 Å². The van der Waals surface area contributed by atoms with Crippen LogP contribution in [0, 0.1) is 12.8 Å². The molecule has 1 aromatic heterocycles. The number of carbonyl (C=O) groups is 1. The number of amides is 1. The van der Waals surface area contributed by atoms with Gasteiger partial charge in [-0.25, -0.2) is 0 Å². The molecule has 88 valence electrons. The first-order valence-electron chi connectivity index (χ1n) is 5.61. The maximum Gasteiger partial charge on any atom is 0.257 e. The minimum Gasteiger partial charge on any atom is -0.469 e. The molecule has 2 heterocycles. The molecule has 3 nitrogen and oxygen atoms in total. The van der Waals surface area contributed by atoms with E-state index in [9.17, 15) is 4.79 Å². The van der Waals surface area contributed by atoms with Gasteiger partial charge in [0.1, 0.15) is 12.0 Å². The van der Waals surface area contributed by atoms with E-state index in [1.165, 1.54) is 6.26 Å². The lowest BCUT2D eigenvalue weighted by atomic mass is 9.99. The van der Waals surface area contributed by atoms with Crippen LogP contribution in [0.5, 0.6) is 0 Å². The SMILES string of the molecule is Cc1cc(C(=O)N2CCCC(CCl)C2)co1. The number of piperidine rings is 1. The van der Waals surface area contributed by atoms with Crippen LogP contribution in [0.1, 0.15) is 29.0 Å². The zero-order chi connectivity index (χ0) is 11.5. The molecule has 4 heteroatoms. The summed E-state index contributed by atoms with van der Waals surface area (Å²) in [6, 6.07) is 1.78. The van der Waals surface area contributed by atoms with E-state index in [-0.39, 0.29) is 5.91 Å². The predicted octanol–water partition coefficient (Wildman–Crippen LogP) is 2.68. The average Bonchev–Trinajstić information content (AvgIpc) is 2.75. The Balaban J connectivity index is 2.04. The smallest absolute Gasteiger partial charge is 0.257 e. The van der Waals surface area contributed by atoms with Crippen molar-refractivity contribution >= 4 is 17.5 Å². The van der Waals surface area contributed by atoms with Crippen molar-refractivity contribution < 1.29 is 9.21 Å². The number of alkyl halides is 1. The third kappa shape index (κ3) is 2.40. The lowest BCUT2D eigenvalue weighted by molar-refractivity contribution is 0.0684. The summed E-state index contributed by atoms with van der Waals surface area (Å²) in [4.78, 5) is 14.0. The van der Waals surface area contributed by atoms with Crippen LogP contribution < -0.4 is 0 Å². The van der Waals surface area contributed by atoms with Crippen molar-refractivity contribution in [2.75, 3.05) is 19.0 Å². The fourth-order valence-electron chi connectivity index (χ4n) is 2.11. The molecular formula is C12H16ClNO2. The molecule has 1 atom stereocenters. The molecule has 1 aromatic rings. The third-order valence-electron chi connectivity index (χ3n) is 3.00. The first kappa shape index (κ1) is 11.5. The highest BCUT2D eigenvalue weighted by molar-refractivity contribution is 6.18. The van der Waals surface area contributed by atoms with Gasteiger partial charge in [0.25, 0.3) is 5.91 Å². The van der Waals surface area contributed by atoms with Crippen LogP contribution in [0.4, 0.5) is 0 Å². The minimum absolute atomic E-state index is 0.0617. The van der Waals surface area contributed by atoms with Crippen molar-refractivity contribution in [2.45, 2.75) is 19.8 Å². The number of furan rings is 1. The van der Waals surface area contributed by atoms with Crippen LogP contribution >= 0.6 is 11.6 Å². The van der Waals surface area contributed by atoms with E-state index in [2.05, 4.69) is 0 Å². The van der Waals surface area contributed by atoms with Gasteiger partial charge in [-0.1, -0.05) is 0 Å². The van der Waals surface area contributed by atoms with E-state index in [0.29, 0.717) is 17.4 Å². The second-order valence-electron chi connectivity index (χ2n) is 4.36. The summed E-state index contributed by atoms with van der Waals surface area (Å²) in [5.74, 6) is 1.90. The average molecular weight is 242 g/mol. The molecule has 0 N–H and O–H groups in total. The van der Waals surface area contributed by atoms with Crippen molar-refractivity contribution in [3.63, 3.8) is 0 Å². The summed E-state index contributed by atoms with van der Waals surface area (Å²) in [6.07, 6.45) is 3.69. The number of likely N-dealkylation sites (tertiary alicyclic amines) is 1. The van der Waals surface area contributed by atoms with Gasteiger partial charge in [-0.05, 0) is 31.7 Å². The zero-order valence-electron chi connectivity index (χ0n) is 9.41. The summed E-state index contributed by atoms with van der Waals surface area (Å²) in [5.41, 5.74) is 0.646. The Morgan fingerprint density at radius 2 is 2.50 bits per heavy atom. The molecule has 2 rings (SSSR count). The topological polar surface area (TPSA) is 33.5 Å². The van der Waals surface area contributed by atoms with Crippen LogP contribution in [0.2, 0.25) is 0 Å². The van der Waals surface area contributed by atoms with Gasteiger partial charge in [-0.3, -0.25) is 4.79 Å². The van der Waals surface area contributed by atoms with Crippen molar-refractivity contribution in [1.29, 1.82) is 0 Å². The Morgan fingerprint density at radius 3 is 3.12 bits per heavy atom.